The van der Waals surface area contributed by atoms with Gasteiger partial charge in [-0.05, 0) is 79.4 Å². The zero-order valence-electron chi connectivity index (χ0n) is 21.6. The lowest BCUT2D eigenvalue weighted by molar-refractivity contribution is 0.0774. The van der Waals surface area contributed by atoms with Crippen LogP contribution < -0.4 is 0 Å². The van der Waals surface area contributed by atoms with Crippen LogP contribution >= 0.6 is 11.6 Å². The molecular formula is C30H43ClN2O2. The van der Waals surface area contributed by atoms with Crippen molar-refractivity contribution in [2.45, 2.75) is 96.8 Å². The Balaban J connectivity index is 1.38. The Bertz CT molecular complexity index is 885. The predicted octanol–water partition coefficient (Wildman–Crippen LogP) is 8.16. The van der Waals surface area contributed by atoms with Crippen LogP contribution in [0.1, 0.15) is 102 Å². The molecule has 1 aliphatic heterocycles. The summed E-state index contributed by atoms with van der Waals surface area (Å²) in [6.07, 6.45) is 17.3. The van der Waals surface area contributed by atoms with Crippen LogP contribution in [0.4, 0.5) is 4.79 Å². The van der Waals surface area contributed by atoms with Crippen molar-refractivity contribution >= 4 is 17.7 Å². The third-order valence-corrected chi connectivity index (χ3v) is 9.53. The standard InChI is InChI=1S/C30H43ClN2O2/c1-30(19-24-8-4-2-5-9-24,16-14-23-12-13-26(20-32)28(31)18-23)27-15-17-33(21-27)29(34)35-22-25-10-6-3-7-11-25/h12-13,18,24-25,27H,2-11,14-17,19,21-22H2,1H3/t27?,30-/m1/s1. The van der Waals surface area contributed by atoms with Crippen LogP contribution in [0.25, 0.3) is 0 Å². The molecular weight excluding hydrogens is 456 g/mol. The van der Waals surface area contributed by atoms with Gasteiger partial charge in [-0.1, -0.05) is 76.0 Å². The number of hydrogen-bond donors (Lipinski definition) is 0. The molecule has 3 aliphatic rings. The molecule has 0 bridgehead atoms. The Morgan fingerprint density at radius 1 is 1.09 bits per heavy atom. The fourth-order valence-electron chi connectivity index (χ4n) is 6.89. The molecule has 1 unspecified atom stereocenters. The van der Waals surface area contributed by atoms with E-state index in [2.05, 4.69) is 19.1 Å². The molecule has 1 aromatic carbocycles. The number of rotatable bonds is 8. The Hall–Kier alpha value is -1.73. The first-order valence-electron chi connectivity index (χ1n) is 14.1. The van der Waals surface area contributed by atoms with Gasteiger partial charge < -0.3 is 9.64 Å². The Morgan fingerprint density at radius 2 is 1.77 bits per heavy atom. The van der Waals surface area contributed by atoms with Gasteiger partial charge in [0.05, 0.1) is 17.2 Å². The minimum atomic E-state index is -0.100. The third-order valence-electron chi connectivity index (χ3n) is 9.22. The van der Waals surface area contributed by atoms with Crippen LogP contribution in [-0.2, 0) is 11.2 Å². The predicted molar refractivity (Wildman–Crippen MR) is 141 cm³/mol. The average molecular weight is 499 g/mol. The molecule has 192 valence electrons. The quantitative estimate of drug-likeness (QED) is 0.363. The summed E-state index contributed by atoms with van der Waals surface area (Å²) in [5.74, 6) is 1.85. The maximum atomic E-state index is 12.9. The van der Waals surface area contributed by atoms with E-state index in [1.807, 2.05) is 17.0 Å². The second-order valence-corrected chi connectivity index (χ2v) is 12.2. The van der Waals surface area contributed by atoms with Crippen LogP contribution in [0.5, 0.6) is 0 Å². The number of aryl methyl sites for hydroxylation is 1. The number of hydrogen-bond acceptors (Lipinski definition) is 3. The molecule has 4 rings (SSSR count). The fraction of sp³-hybridized carbons (Fsp3) is 0.733. The van der Waals surface area contributed by atoms with E-state index in [-0.39, 0.29) is 11.5 Å². The molecule has 1 heterocycles. The number of nitrogens with zero attached hydrogens (tertiary/aromatic N) is 2. The molecule has 1 amide bonds. The van der Waals surface area contributed by atoms with Crippen LogP contribution in [-0.4, -0.2) is 30.7 Å². The second kappa shape index (κ2) is 12.5. The second-order valence-electron chi connectivity index (χ2n) is 11.8. The number of carbonyl (C=O) groups excluding carboxylic acids is 1. The van der Waals surface area contributed by atoms with E-state index in [0.29, 0.717) is 29.0 Å². The summed E-state index contributed by atoms with van der Waals surface area (Å²) in [5.41, 5.74) is 1.92. The van der Waals surface area contributed by atoms with Crippen LogP contribution in [0, 0.1) is 34.5 Å². The van der Waals surface area contributed by atoms with E-state index in [0.717, 1.165) is 38.3 Å². The van der Waals surface area contributed by atoms with Gasteiger partial charge in [0.1, 0.15) is 6.07 Å². The van der Waals surface area contributed by atoms with E-state index in [1.165, 1.54) is 76.2 Å². The molecule has 5 heteroatoms. The Morgan fingerprint density at radius 3 is 2.43 bits per heavy atom. The zero-order chi connectivity index (χ0) is 24.7. The first-order chi connectivity index (χ1) is 17.0. The first kappa shape index (κ1) is 26.3. The van der Waals surface area contributed by atoms with Crippen LogP contribution in [0.15, 0.2) is 18.2 Å². The largest absolute Gasteiger partial charge is 0.449 e. The van der Waals surface area contributed by atoms with E-state index in [9.17, 15) is 10.1 Å². The molecule has 3 fully saturated rings. The average Bonchev–Trinajstić information content (AvgIpc) is 3.39. The van der Waals surface area contributed by atoms with Gasteiger partial charge in [-0.3, -0.25) is 0 Å². The lowest BCUT2D eigenvalue weighted by Crippen LogP contribution is -2.36. The highest BCUT2D eigenvalue weighted by molar-refractivity contribution is 6.31. The summed E-state index contributed by atoms with van der Waals surface area (Å²) in [4.78, 5) is 14.9. The van der Waals surface area contributed by atoms with Gasteiger partial charge in [-0.25, -0.2) is 4.79 Å². The number of benzene rings is 1. The molecule has 1 aromatic rings. The van der Waals surface area contributed by atoms with Crippen molar-refractivity contribution < 1.29 is 9.53 Å². The van der Waals surface area contributed by atoms with E-state index in [1.54, 1.807) is 0 Å². The van der Waals surface area contributed by atoms with Gasteiger partial charge in [0, 0.05) is 13.1 Å². The molecule has 1 saturated heterocycles. The Labute approximate surface area is 217 Å². The van der Waals surface area contributed by atoms with Crippen LogP contribution in [0.2, 0.25) is 5.02 Å². The van der Waals surface area contributed by atoms with Crippen molar-refractivity contribution in [3.8, 4) is 6.07 Å². The lowest BCUT2D eigenvalue weighted by Gasteiger charge is -2.40. The maximum Gasteiger partial charge on any atom is 0.409 e. The molecule has 2 atom stereocenters. The van der Waals surface area contributed by atoms with Gasteiger partial charge in [0.2, 0.25) is 0 Å². The Kier molecular flexibility index (Phi) is 9.40. The van der Waals surface area contributed by atoms with E-state index in [4.69, 9.17) is 16.3 Å². The first-order valence-corrected chi connectivity index (χ1v) is 14.4. The topological polar surface area (TPSA) is 53.3 Å². The van der Waals surface area contributed by atoms with E-state index < -0.39 is 0 Å². The fourth-order valence-corrected chi connectivity index (χ4v) is 7.13. The van der Waals surface area contributed by atoms with E-state index >= 15 is 0 Å². The minimum Gasteiger partial charge on any atom is -0.449 e. The summed E-state index contributed by atoms with van der Waals surface area (Å²) in [5, 5.41) is 9.75. The van der Waals surface area contributed by atoms with Crippen LogP contribution in [0.3, 0.4) is 0 Å². The van der Waals surface area contributed by atoms with Crippen molar-refractivity contribution in [2.75, 3.05) is 19.7 Å². The number of amides is 1. The zero-order valence-corrected chi connectivity index (χ0v) is 22.3. The maximum absolute atomic E-state index is 12.9. The monoisotopic (exact) mass is 498 g/mol. The van der Waals surface area contributed by atoms with Gasteiger partial charge >= 0.3 is 6.09 Å². The number of ether oxygens (including phenoxy) is 1. The SMILES string of the molecule is C[C@@](CCc1ccc(C#N)c(Cl)c1)(CC1CCCCC1)C1CCN(C(=O)OCC2CCCCC2)C1. The van der Waals surface area contributed by atoms with Crippen molar-refractivity contribution in [1.82, 2.24) is 4.90 Å². The third kappa shape index (κ3) is 7.16. The van der Waals surface area contributed by atoms with Gasteiger partial charge in [0.15, 0.2) is 0 Å². The highest BCUT2D eigenvalue weighted by Gasteiger charge is 2.41. The van der Waals surface area contributed by atoms with Crippen molar-refractivity contribution in [1.29, 1.82) is 5.26 Å². The summed E-state index contributed by atoms with van der Waals surface area (Å²) < 4.78 is 5.79. The number of likely N-dealkylation sites (tertiary alicyclic amines) is 1. The summed E-state index contributed by atoms with van der Waals surface area (Å²) >= 11 is 6.32. The smallest absolute Gasteiger partial charge is 0.409 e. The summed E-state index contributed by atoms with van der Waals surface area (Å²) in [7, 11) is 0. The van der Waals surface area contributed by atoms with Crippen molar-refractivity contribution in [3.05, 3.63) is 34.3 Å². The van der Waals surface area contributed by atoms with Gasteiger partial charge in [-0.15, -0.1) is 0 Å². The number of carbonyl (C=O) groups is 1. The molecule has 0 radical (unpaired) electrons. The molecule has 0 N–H and O–H groups in total. The molecule has 2 aliphatic carbocycles. The van der Waals surface area contributed by atoms with Gasteiger partial charge in [-0.2, -0.15) is 5.26 Å². The molecule has 4 nitrogen and oxygen atoms in total. The highest BCUT2D eigenvalue weighted by Crippen LogP contribution is 2.46. The number of halogens is 1. The van der Waals surface area contributed by atoms with Crippen molar-refractivity contribution in [3.63, 3.8) is 0 Å². The summed E-state index contributed by atoms with van der Waals surface area (Å²) in [6, 6.07) is 8.02. The molecule has 0 spiro atoms. The molecule has 2 saturated carbocycles. The molecule has 35 heavy (non-hydrogen) atoms. The summed E-state index contributed by atoms with van der Waals surface area (Å²) in [6.45, 7) is 4.70. The van der Waals surface area contributed by atoms with Crippen molar-refractivity contribution in [2.24, 2.45) is 23.2 Å². The molecule has 0 aromatic heterocycles. The normalized spacial score (nSPS) is 23.6. The minimum absolute atomic E-state index is 0.100. The van der Waals surface area contributed by atoms with Gasteiger partial charge in [0.25, 0.3) is 0 Å². The number of nitriles is 1. The lowest BCUT2D eigenvalue weighted by atomic mass is 9.65. The highest BCUT2D eigenvalue weighted by atomic mass is 35.5.